The second-order valence-electron chi connectivity index (χ2n) is 4.63. The van der Waals surface area contributed by atoms with Crippen molar-refractivity contribution in [1.29, 1.82) is 5.26 Å². The van der Waals surface area contributed by atoms with Crippen LogP contribution in [-0.4, -0.2) is 20.8 Å². The Hall–Kier alpha value is -3.66. The van der Waals surface area contributed by atoms with Gasteiger partial charge in [0.05, 0.1) is 29.7 Å². The molecule has 0 radical (unpaired) electrons. The van der Waals surface area contributed by atoms with Crippen LogP contribution >= 0.6 is 0 Å². The number of aromatic nitrogens is 3. The minimum atomic E-state index is -0.416. The van der Waals surface area contributed by atoms with Crippen LogP contribution in [0.15, 0.2) is 61.1 Å². The largest absolute Gasteiger partial charge is 0.323 e. The van der Waals surface area contributed by atoms with Crippen LogP contribution in [0.1, 0.15) is 5.56 Å². The molecule has 2 N–H and O–H groups in total. The molecule has 2 heterocycles. The van der Waals surface area contributed by atoms with E-state index in [4.69, 9.17) is 5.26 Å². The molecule has 0 saturated heterocycles. The van der Waals surface area contributed by atoms with Crippen molar-refractivity contribution >= 4 is 17.4 Å². The molecule has 3 aromatic rings. The fraction of sp³-hybridized carbons (Fsp3) is 0. The number of rotatable bonds is 3. The summed E-state index contributed by atoms with van der Waals surface area (Å²) < 4.78 is 1.56. The summed E-state index contributed by atoms with van der Waals surface area (Å²) in [5, 5.41) is 18.3. The Morgan fingerprint density at radius 2 is 2.00 bits per heavy atom. The lowest BCUT2D eigenvalue weighted by molar-refractivity contribution is 0.262. The molecule has 0 atom stereocenters. The lowest BCUT2D eigenvalue weighted by Gasteiger charge is -2.05. The third-order valence-corrected chi connectivity index (χ3v) is 2.97. The number of anilines is 2. The van der Waals surface area contributed by atoms with Gasteiger partial charge in [-0.25, -0.2) is 14.5 Å². The van der Waals surface area contributed by atoms with E-state index in [1.54, 1.807) is 41.3 Å². The van der Waals surface area contributed by atoms with Gasteiger partial charge >= 0.3 is 6.03 Å². The molecule has 1 aromatic carbocycles. The summed E-state index contributed by atoms with van der Waals surface area (Å²) >= 11 is 0. The van der Waals surface area contributed by atoms with Crippen molar-refractivity contribution in [2.24, 2.45) is 0 Å². The number of nitrogens with one attached hydrogen (secondary N) is 2. The van der Waals surface area contributed by atoms with Crippen LogP contribution in [0.3, 0.4) is 0 Å². The van der Waals surface area contributed by atoms with Gasteiger partial charge in [0, 0.05) is 11.9 Å². The van der Waals surface area contributed by atoms with Crippen molar-refractivity contribution in [1.82, 2.24) is 14.8 Å². The van der Waals surface area contributed by atoms with Crippen LogP contribution in [0.4, 0.5) is 16.2 Å². The minimum absolute atomic E-state index is 0.416. The maximum absolute atomic E-state index is 12.0. The van der Waals surface area contributed by atoms with E-state index in [9.17, 15) is 4.79 Å². The summed E-state index contributed by atoms with van der Waals surface area (Å²) in [7, 11) is 0. The van der Waals surface area contributed by atoms with Crippen LogP contribution in [0.5, 0.6) is 0 Å². The monoisotopic (exact) mass is 304 g/mol. The van der Waals surface area contributed by atoms with E-state index in [0.29, 0.717) is 22.8 Å². The second-order valence-corrected chi connectivity index (χ2v) is 4.63. The predicted molar refractivity (Wildman–Crippen MR) is 85.2 cm³/mol. The highest BCUT2D eigenvalue weighted by atomic mass is 16.2. The summed E-state index contributed by atoms with van der Waals surface area (Å²) in [6.45, 7) is 0. The van der Waals surface area contributed by atoms with Gasteiger partial charge in [0.2, 0.25) is 0 Å². The van der Waals surface area contributed by atoms with E-state index < -0.39 is 6.03 Å². The first-order valence-electron chi connectivity index (χ1n) is 6.79. The molecule has 0 saturated carbocycles. The molecule has 7 nitrogen and oxygen atoms in total. The van der Waals surface area contributed by atoms with Gasteiger partial charge in [-0.3, -0.25) is 0 Å². The first-order chi connectivity index (χ1) is 11.2. The number of urea groups is 1. The number of nitrogens with zero attached hydrogens (tertiary/aromatic N) is 4. The first kappa shape index (κ1) is 14.3. The molecule has 2 amide bonds. The van der Waals surface area contributed by atoms with Gasteiger partial charge in [-0.1, -0.05) is 12.1 Å². The molecular weight excluding hydrogens is 292 g/mol. The van der Waals surface area contributed by atoms with Gasteiger partial charge in [0.1, 0.15) is 0 Å². The molecule has 0 aliphatic rings. The standard InChI is InChI=1S/C16H12N6O/c17-9-12-4-3-5-13(8-12)20-16(23)21-14-10-19-22(11-14)15-6-1-2-7-18-15/h1-8,10-11H,(H2,20,21,23). The number of carbonyl (C=O) groups excluding carboxylic acids is 1. The van der Waals surface area contributed by atoms with E-state index in [0.717, 1.165) is 0 Å². The highest BCUT2D eigenvalue weighted by Gasteiger charge is 2.06. The van der Waals surface area contributed by atoms with Gasteiger partial charge < -0.3 is 10.6 Å². The Morgan fingerprint density at radius 1 is 1.13 bits per heavy atom. The summed E-state index contributed by atoms with van der Waals surface area (Å²) in [4.78, 5) is 16.1. The average molecular weight is 304 g/mol. The van der Waals surface area contributed by atoms with Gasteiger partial charge in [0.25, 0.3) is 0 Å². The number of hydrogen-bond donors (Lipinski definition) is 2. The smallest absolute Gasteiger partial charge is 0.308 e. The topological polar surface area (TPSA) is 95.6 Å². The molecule has 0 spiro atoms. The van der Waals surface area contributed by atoms with Crippen molar-refractivity contribution < 1.29 is 4.79 Å². The van der Waals surface area contributed by atoms with Gasteiger partial charge in [-0.2, -0.15) is 10.4 Å². The zero-order chi connectivity index (χ0) is 16.1. The Labute approximate surface area is 132 Å². The number of carbonyl (C=O) groups is 1. The van der Waals surface area contributed by atoms with Crippen LogP contribution in [0.2, 0.25) is 0 Å². The molecule has 0 fully saturated rings. The quantitative estimate of drug-likeness (QED) is 0.777. The van der Waals surface area contributed by atoms with Crippen molar-refractivity contribution in [2.45, 2.75) is 0 Å². The maximum atomic E-state index is 12.0. The molecule has 23 heavy (non-hydrogen) atoms. The number of benzene rings is 1. The normalized spacial score (nSPS) is 9.87. The van der Waals surface area contributed by atoms with E-state index in [1.165, 1.54) is 6.20 Å². The second kappa shape index (κ2) is 6.41. The van der Waals surface area contributed by atoms with Crippen LogP contribution in [-0.2, 0) is 0 Å². The van der Waals surface area contributed by atoms with E-state index in [-0.39, 0.29) is 0 Å². The van der Waals surface area contributed by atoms with Gasteiger partial charge in [0.15, 0.2) is 5.82 Å². The van der Waals surface area contributed by atoms with Crippen LogP contribution in [0, 0.1) is 11.3 Å². The number of hydrogen-bond acceptors (Lipinski definition) is 4. The lowest BCUT2D eigenvalue weighted by atomic mass is 10.2. The maximum Gasteiger partial charge on any atom is 0.323 e. The van der Waals surface area contributed by atoms with E-state index in [1.807, 2.05) is 24.3 Å². The Morgan fingerprint density at radius 3 is 2.78 bits per heavy atom. The molecule has 0 aliphatic heterocycles. The number of nitriles is 1. The summed E-state index contributed by atoms with van der Waals surface area (Å²) in [5.41, 5.74) is 1.55. The highest BCUT2D eigenvalue weighted by Crippen LogP contribution is 2.12. The lowest BCUT2D eigenvalue weighted by Crippen LogP contribution is -2.19. The molecule has 0 aliphatic carbocycles. The fourth-order valence-electron chi connectivity index (χ4n) is 1.96. The SMILES string of the molecule is N#Cc1cccc(NC(=O)Nc2cnn(-c3ccccn3)c2)c1. The number of amides is 2. The van der Waals surface area contributed by atoms with Crippen LogP contribution in [0.25, 0.3) is 5.82 Å². The molecule has 7 heteroatoms. The van der Waals surface area contributed by atoms with Crippen LogP contribution < -0.4 is 10.6 Å². The van der Waals surface area contributed by atoms with E-state index in [2.05, 4.69) is 20.7 Å². The van der Waals surface area contributed by atoms with Crippen molar-refractivity contribution in [3.63, 3.8) is 0 Å². The average Bonchev–Trinajstić information content (AvgIpc) is 3.04. The Balaban J connectivity index is 1.67. The van der Waals surface area contributed by atoms with Crippen molar-refractivity contribution in [3.8, 4) is 11.9 Å². The highest BCUT2D eigenvalue weighted by molar-refractivity contribution is 5.99. The first-order valence-corrected chi connectivity index (χ1v) is 6.79. The summed E-state index contributed by atoms with van der Waals surface area (Å²) in [5.74, 6) is 0.655. The molecule has 112 valence electrons. The molecular formula is C16H12N6O. The minimum Gasteiger partial charge on any atom is -0.308 e. The Bertz CT molecular complexity index is 866. The third-order valence-electron chi connectivity index (χ3n) is 2.97. The summed E-state index contributed by atoms with van der Waals surface area (Å²) in [6, 6.07) is 13.7. The molecule has 3 rings (SSSR count). The zero-order valence-electron chi connectivity index (χ0n) is 12.0. The fourth-order valence-corrected chi connectivity index (χ4v) is 1.96. The molecule has 2 aromatic heterocycles. The van der Waals surface area contributed by atoms with Crippen molar-refractivity contribution in [2.75, 3.05) is 10.6 Å². The van der Waals surface area contributed by atoms with Gasteiger partial charge in [-0.05, 0) is 30.3 Å². The predicted octanol–water partition coefficient (Wildman–Crippen LogP) is 2.78. The Kier molecular flexibility index (Phi) is 3.98. The summed E-state index contributed by atoms with van der Waals surface area (Å²) in [6.07, 6.45) is 4.85. The third kappa shape index (κ3) is 3.51. The number of pyridine rings is 1. The molecule has 0 unspecified atom stereocenters. The van der Waals surface area contributed by atoms with E-state index >= 15 is 0 Å². The van der Waals surface area contributed by atoms with Crippen molar-refractivity contribution in [3.05, 3.63) is 66.6 Å². The molecule has 0 bridgehead atoms. The zero-order valence-corrected chi connectivity index (χ0v) is 12.0. The van der Waals surface area contributed by atoms with Gasteiger partial charge in [-0.15, -0.1) is 0 Å².